The van der Waals surface area contributed by atoms with E-state index in [1.54, 1.807) is 30.0 Å². The number of pyridine rings is 1. The first-order valence-electron chi connectivity index (χ1n) is 10.0. The Morgan fingerprint density at radius 1 is 1.07 bits per heavy atom. The predicted octanol–water partition coefficient (Wildman–Crippen LogP) is 2.88. The van der Waals surface area contributed by atoms with Crippen molar-refractivity contribution in [3.63, 3.8) is 0 Å². The summed E-state index contributed by atoms with van der Waals surface area (Å²) in [4.78, 5) is 27.3. The monoisotopic (exact) mass is 399 g/mol. The van der Waals surface area contributed by atoms with Crippen molar-refractivity contribution in [1.29, 1.82) is 0 Å². The van der Waals surface area contributed by atoms with E-state index in [1.165, 1.54) is 20.0 Å². The maximum Gasteiger partial charge on any atom is 0.244 e. The van der Waals surface area contributed by atoms with Crippen LogP contribution in [-0.4, -0.2) is 42.7 Å². The number of ether oxygens (including phenoxy) is 2. The van der Waals surface area contributed by atoms with Crippen molar-refractivity contribution < 1.29 is 14.3 Å². The number of nitrogens with zero attached hydrogens (tertiary/aromatic N) is 2. The molecule has 1 amide bonds. The lowest BCUT2D eigenvalue weighted by Crippen LogP contribution is -2.29. The average molecular weight is 399 g/mol. The number of carbonyl (C=O) groups excluding carboxylic acids is 1. The zero-order valence-corrected chi connectivity index (χ0v) is 17.1. The zero-order chi connectivity index (χ0) is 20.6. The van der Waals surface area contributed by atoms with Crippen LogP contribution in [0.15, 0.2) is 41.3 Å². The Hall–Kier alpha value is -2.80. The molecule has 0 unspecified atom stereocenters. The standard InChI is InChI=1S/C22H29N3O4/c1-28-19-9-7-8-17(12-19)23-22(27)16-25-15-21(29-2)20(26)13-18(25)14-24-10-5-3-4-6-11-24/h7-9,12-13,15H,3-6,10-11,14,16H2,1-2H3,(H,23,27). The van der Waals surface area contributed by atoms with Crippen LogP contribution in [0.4, 0.5) is 5.69 Å². The molecule has 0 radical (unpaired) electrons. The Balaban J connectivity index is 1.78. The zero-order valence-electron chi connectivity index (χ0n) is 17.1. The predicted molar refractivity (Wildman–Crippen MR) is 113 cm³/mol. The lowest BCUT2D eigenvalue weighted by Gasteiger charge is -2.23. The van der Waals surface area contributed by atoms with Crippen molar-refractivity contribution in [2.75, 3.05) is 32.6 Å². The van der Waals surface area contributed by atoms with E-state index in [0.29, 0.717) is 18.0 Å². The average Bonchev–Trinajstić information content (AvgIpc) is 2.98. The Bertz CT molecular complexity index is 886. The van der Waals surface area contributed by atoms with Gasteiger partial charge in [0.2, 0.25) is 11.3 Å². The molecule has 1 fully saturated rings. The van der Waals surface area contributed by atoms with Crippen molar-refractivity contribution in [2.45, 2.75) is 38.8 Å². The number of rotatable bonds is 7. The number of amides is 1. The van der Waals surface area contributed by atoms with E-state index >= 15 is 0 Å². The molecule has 7 heteroatoms. The molecule has 1 aromatic carbocycles. The number of likely N-dealkylation sites (tertiary alicyclic amines) is 1. The smallest absolute Gasteiger partial charge is 0.244 e. The summed E-state index contributed by atoms with van der Waals surface area (Å²) in [5.74, 6) is 0.731. The molecule has 0 aliphatic carbocycles. The van der Waals surface area contributed by atoms with E-state index in [4.69, 9.17) is 9.47 Å². The fourth-order valence-corrected chi connectivity index (χ4v) is 3.61. The third kappa shape index (κ3) is 5.84. The SMILES string of the molecule is COc1cccc(NC(=O)Cn2cc(OC)c(=O)cc2CN2CCCCCC2)c1. The van der Waals surface area contributed by atoms with E-state index in [1.807, 2.05) is 18.2 Å². The molecule has 2 heterocycles. The highest BCUT2D eigenvalue weighted by Crippen LogP contribution is 2.18. The molecule has 0 saturated carbocycles. The van der Waals surface area contributed by atoms with Gasteiger partial charge in [-0.25, -0.2) is 0 Å². The first-order valence-corrected chi connectivity index (χ1v) is 10.0. The van der Waals surface area contributed by atoms with Gasteiger partial charge in [-0.1, -0.05) is 18.9 Å². The number of benzene rings is 1. The van der Waals surface area contributed by atoms with Crippen molar-refractivity contribution in [2.24, 2.45) is 0 Å². The van der Waals surface area contributed by atoms with Crippen LogP contribution in [0.25, 0.3) is 0 Å². The van der Waals surface area contributed by atoms with Gasteiger partial charge >= 0.3 is 0 Å². The molecule has 0 spiro atoms. The summed E-state index contributed by atoms with van der Waals surface area (Å²) in [7, 11) is 3.05. The number of nitrogens with one attached hydrogen (secondary N) is 1. The van der Waals surface area contributed by atoms with Gasteiger partial charge in [-0.2, -0.15) is 0 Å². The Labute approximate surface area is 171 Å². The number of hydrogen-bond acceptors (Lipinski definition) is 5. The van der Waals surface area contributed by atoms with Crippen LogP contribution in [0.3, 0.4) is 0 Å². The third-order valence-corrected chi connectivity index (χ3v) is 5.15. The summed E-state index contributed by atoms with van der Waals surface area (Å²) in [6, 6.07) is 8.80. The van der Waals surface area contributed by atoms with Gasteiger partial charge in [-0.05, 0) is 38.1 Å². The molecule has 156 valence electrons. The number of hydrogen-bond donors (Lipinski definition) is 1. The van der Waals surface area contributed by atoms with Crippen LogP contribution in [-0.2, 0) is 17.9 Å². The third-order valence-electron chi connectivity index (χ3n) is 5.15. The highest BCUT2D eigenvalue weighted by atomic mass is 16.5. The first-order chi connectivity index (χ1) is 14.1. The normalized spacial score (nSPS) is 14.8. The quantitative estimate of drug-likeness (QED) is 0.775. The van der Waals surface area contributed by atoms with Crippen LogP contribution in [0.5, 0.6) is 11.5 Å². The molecule has 1 N–H and O–H groups in total. The second kappa shape index (κ2) is 10.1. The van der Waals surface area contributed by atoms with Gasteiger partial charge < -0.3 is 19.4 Å². The summed E-state index contributed by atoms with van der Waals surface area (Å²) in [6.45, 7) is 2.76. The molecule has 1 saturated heterocycles. The second-order valence-electron chi connectivity index (χ2n) is 7.30. The highest BCUT2D eigenvalue weighted by Gasteiger charge is 2.15. The molecule has 3 rings (SSSR count). The summed E-state index contributed by atoms with van der Waals surface area (Å²) in [5.41, 5.74) is 1.32. The summed E-state index contributed by atoms with van der Waals surface area (Å²) in [5, 5.41) is 2.89. The fraction of sp³-hybridized carbons (Fsp3) is 0.455. The maximum absolute atomic E-state index is 12.7. The minimum absolute atomic E-state index is 0.0943. The van der Waals surface area contributed by atoms with Crippen LogP contribution >= 0.6 is 0 Å². The Morgan fingerprint density at radius 3 is 2.52 bits per heavy atom. The molecule has 1 aromatic heterocycles. The van der Waals surface area contributed by atoms with Gasteiger partial charge in [0.1, 0.15) is 12.3 Å². The van der Waals surface area contributed by atoms with Crippen LogP contribution in [0.2, 0.25) is 0 Å². The van der Waals surface area contributed by atoms with E-state index < -0.39 is 0 Å². The number of aromatic nitrogens is 1. The van der Waals surface area contributed by atoms with Gasteiger partial charge in [0, 0.05) is 30.1 Å². The molecular weight excluding hydrogens is 370 g/mol. The largest absolute Gasteiger partial charge is 0.497 e. The summed E-state index contributed by atoms with van der Waals surface area (Å²) in [6.07, 6.45) is 6.44. The van der Waals surface area contributed by atoms with E-state index in [0.717, 1.165) is 31.6 Å². The van der Waals surface area contributed by atoms with Gasteiger partial charge in [0.05, 0.1) is 20.4 Å². The summed E-state index contributed by atoms with van der Waals surface area (Å²) < 4.78 is 12.2. The van der Waals surface area contributed by atoms with E-state index in [9.17, 15) is 9.59 Å². The van der Waals surface area contributed by atoms with Gasteiger partial charge in [0.15, 0.2) is 5.75 Å². The molecule has 0 bridgehead atoms. The number of carbonyl (C=O) groups is 1. The topological polar surface area (TPSA) is 72.8 Å². The molecule has 0 atom stereocenters. The molecule has 2 aromatic rings. The van der Waals surface area contributed by atoms with Crippen LogP contribution < -0.4 is 20.2 Å². The van der Waals surface area contributed by atoms with E-state index in [2.05, 4.69) is 10.2 Å². The molecular formula is C22H29N3O4. The lowest BCUT2D eigenvalue weighted by molar-refractivity contribution is -0.116. The van der Waals surface area contributed by atoms with Crippen LogP contribution in [0.1, 0.15) is 31.4 Å². The minimum atomic E-state index is -0.180. The van der Waals surface area contributed by atoms with Crippen LogP contribution in [0, 0.1) is 0 Å². The van der Waals surface area contributed by atoms with Crippen molar-refractivity contribution in [3.05, 3.63) is 52.4 Å². The van der Waals surface area contributed by atoms with Crippen molar-refractivity contribution in [1.82, 2.24) is 9.47 Å². The Morgan fingerprint density at radius 2 is 1.83 bits per heavy atom. The minimum Gasteiger partial charge on any atom is -0.497 e. The van der Waals surface area contributed by atoms with E-state index in [-0.39, 0.29) is 23.6 Å². The van der Waals surface area contributed by atoms with Gasteiger partial charge in [-0.15, -0.1) is 0 Å². The van der Waals surface area contributed by atoms with Crippen molar-refractivity contribution >= 4 is 11.6 Å². The fourth-order valence-electron chi connectivity index (χ4n) is 3.61. The number of methoxy groups -OCH3 is 2. The molecule has 29 heavy (non-hydrogen) atoms. The van der Waals surface area contributed by atoms with Gasteiger partial charge in [0.25, 0.3) is 0 Å². The van der Waals surface area contributed by atoms with Gasteiger partial charge in [-0.3, -0.25) is 14.5 Å². The van der Waals surface area contributed by atoms with Crippen molar-refractivity contribution in [3.8, 4) is 11.5 Å². The Kier molecular flexibility index (Phi) is 7.30. The molecule has 1 aliphatic rings. The second-order valence-corrected chi connectivity index (χ2v) is 7.30. The molecule has 7 nitrogen and oxygen atoms in total. The molecule has 1 aliphatic heterocycles. The highest BCUT2D eigenvalue weighted by molar-refractivity contribution is 5.90. The number of anilines is 1. The first kappa shape index (κ1) is 20.9. The summed E-state index contributed by atoms with van der Waals surface area (Å²) >= 11 is 0. The maximum atomic E-state index is 12.7. The lowest BCUT2D eigenvalue weighted by atomic mass is 10.2.